The van der Waals surface area contributed by atoms with Gasteiger partial charge in [-0.15, -0.1) is 0 Å². The number of anilines is 1. The standard InChI is InChI=1S/C12H15ClN2O2/c13-9-2-1-3-10(6-9)15-12(16)8-17-11-4-5-14-7-11/h1-3,6,11,14H,4-5,7-8H2,(H,15,16). The average Bonchev–Trinajstić information content (AvgIpc) is 2.79. The molecule has 0 aliphatic carbocycles. The number of hydrogen-bond donors (Lipinski definition) is 2. The van der Waals surface area contributed by atoms with Crippen LogP contribution >= 0.6 is 11.6 Å². The van der Waals surface area contributed by atoms with E-state index < -0.39 is 0 Å². The van der Waals surface area contributed by atoms with Crippen LogP contribution in [0.3, 0.4) is 0 Å². The molecule has 0 radical (unpaired) electrons. The van der Waals surface area contributed by atoms with Gasteiger partial charge in [-0.3, -0.25) is 4.79 Å². The fourth-order valence-electron chi connectivity index (χ4n) is 1.73. The van der Waals surface area contributed by atoms with Crippen LogP contribution in [0.25, 0.3) is 0 Å². The Hall–Kier alpha value is -1.10. The molecule has 1 saturated heterocycles. The van der Waals surface area contributed by atoms with E-state index in [1.165, 1.54) is 0 Å². The number of carbonyl (C=O) groups is 1. The first-order valence-electron chi connectivity index (χ1n) is 5.62. The van der Waals surface area contributed by atoms with Crippen molar-refractivity contribution < 1.29 is 9.53 Å². The number of amides is 1. The molecule has 1 atom stereocenters. The van der Waals surface area contributed by atoms with Gasteiger partial charge < -0.3 is 15.4 Å². The first-order valence-corrected chi connectivity index (χ1v) is 5.99. The van der Waals surface area contributed by atoms with E-state index in [1.54, 1.807) is 24.3 Å². The van der Waals surface area contributed by atoms with Gasteiger partial charge in [0.2, 0.25) is 5.91 Å². The van der Waals surface area contributed by atoms with Crippen molar-refractivity contribution in [2.24, 2.45) is 0 Å². The number of ether oxygens (including phenoxy) is 1. The van der Waals surface area contributed by atoms with Gasteiger partial charge >= 0.3 is 0 Å². The summed E-state index contributed by atoms with van der Waals surface area (Å²) >= 11 is 5.82. The molecular formula is C12H15ClN2O2. The molecule has 0 saturated carbocycles. The molecule has 0 spiro atoms. The molecule has 0 aromatic heterocycles. The highest BCUT2D eigenvalue weighted by Crippen LogP contribution is 2.14. The maximum atomic E-state index is 11.6. The predicted molar refractivity (Wildman–Crippen MR) is 67.3 cm³/mol. The lowest BCUT2D eigenvalue weighted by Crippen LogP contribution is -2.24. The van der Waals surface area contributed by atoms with Crippen molar-refractivity contribution in [1.29, 1.82) is 0 Å². The summed E-state index contributed by atoms with van der Waals surface area (Å²) < 4.78 is 5.46. The van der Waals surface area contributed by atoms with Crippen LogP contribution in [0, 0.1) is 0 Å². The van der Waals surface area contributed by atoms with E-state index in [0.29, 0.717) is 10.7 Å². The minimum Gasteiger partial charge on any atom is -0.367 e. The molecule has 0 bridgehead atoms. The molecule has 1 heterocycles. The van der Waals surface area contributed by atoms with Crippen LogP contribution in [-0.4, -0.2) is 31.7 Å². The third-order valence-corrected chi connectivity index (χ3v) is 2.81. The van der Waals surface area contributed by atoms with Crippen molar-refractivity contribution in [3.63, 3.8) is 0 Å². The second kappa shape index (κ2) is 6.00. The third-order valence-electron chi connectivity index (χ3n) is 2.57. The maximum absolute atomic E-state index is 11.6. The summed E-state index contributed by atoms with van der Waals surface area (Å²) in [5.74, 6) is -0.154. The van der Waals surface area contributed by atoms with Crippen LogP contribution in [0.4, 0.5) is 5.69 Å². The van der Waals surface area contributed by atoms with Crippen LogP contribution in [-0.2, 0) is 9.53 Å². The van der Waals surface area contributed by atoms with E-state index in [9.17, 15) is 4.79 Å². The maximum Gasteiger partial charge on any atom is 0.250 e. The highest BCUT2D eigenvalue weighted by Gasteiger charge is 2.16. The Balaban J connectivity index is 1.76. The van der Waals surface area contributed by atoms with E-state index in [-0.39, 0.29) is 18.6 Å². The van der Waals surface area contributed by atoms with Crippen LogP contribution < -0.4 is 10.6 Å². The molecule has 1 amide bonds. The van der Waals surface area contributed by atoms with Crippen LogP contribution in [0.1, 0.15) is 6.42 Å². The molecule has 1 fully saturated rings. The Morgan fingerprint density at radius 2 is 2.47 bits per heavy atom. The molecule has 92 valence electrons. The van der Waals surface area contributed by atoms with Gasteiger partial charge in [0.15, 0.2) is 0 Å². The van der Waals surface area contributed by atoms with E-state index >= 15 is 0 Å². The second-order valence-corrected chi connectivity index (χ2v) is 4.42. The molecule has 5 heteroatoms. The molecule has 1 aromatic carbocycles. The summed E-state index contributed by atoms with van der Waals surface area (Å²) in [6.07, 6.45) is 1.12. The zero-order valence-electron chi connectivity index (χ0n) is 9.41. The Labute approximate surface area is 105 Å². The van der Waals surface area contributed by atoms with Crippen molar-refractivity contribution in [1.82, 2.24) is 5.32 Å². The van der Waals surface area contributed by atoms with E-state index in [2.05, 4.69) is 10.6 Å². The molecule has 1 aliphatic rings. The van der Waals surface area contributed by atoms with Crippen LogP contribution in [0.15, 0.2) is 24.3 Å². The number of rotatable bonds is 4. The SMILES string of the molecule is O=C(COC1CCNC1)Nc1cccc(Cl)c1. The lowest BCUT2D eigenvalue weighted by molar-refractivity contribution is -0.122. The van der Waals surface area contributed by atoms with Gasteiger partial charge in [0.1, 0.15) is 6.61 Å². The Morgan fingerprint density at radius 1 is 1.59 bits per heavy atom. The lowest BCUT2D eigenvalue weighted by atomic mass is 10.3. The summed E-state index contributed by atoms with van der Waals surface area (Å²) in [6, 6.07) is 7.05. The highest BCUT2D eigenvalue weighted by atomic mass is 35.5. The largest absolute Gasteiger partial charge is 0.367 e. The Bertz CT molecular complexity index is 392. The number of hydrogen-bond acceptors (Lipinski definition) is 3. The summed E-state index contributed by atoms with van der Waals surface area (Å²) in [5, 5.41) is 6.52. The van der Waals surface area contributed by atoms with Gasteiger partial charge in [0, 0.05) is 17.3 Å². The van der Waals surface area contributed by atoms with Crippen molar-refractivity contribution in [3.8, 4) is 0 Å². The zero-order chi connectivity index (χ0) is 12.1. The topological polar surface area (TPSA) is 50.4 Å². The Morgan fingerprint density at radius 3 is 3.18 bits per heavy atom. The lowest BCUT2D eigenvalue weighted by Gasteiger charge is -2.10. The monoisotopic (exact) mass is 254 g/mol. The van der Waals surface area contributed by atoms with Gasteiger partial charge in [-0.1, -0.05) is 17.7 Å². The molecule has 1 aliphatic heterocycles. The number of nitrogens with one attached hydrogen (secondary N) is 2. The fraction of sp³-hybridized carbons (Fsp3) is 0.417. The second-order valence-electron chi connectivity index (χ2n) is 3.98. The third kappa shape index (κ3) is 4.00. The van der Waals surface area contributed by atoms with Gasteiger partial charge in [-0.25, -0.2) is 0 Å². The average molecular weight is 255 g/mol. The number of halogens is 1. The molecule has 4 nitrogen and oxygen atoms in total. The fourth-order valence-corrected chi connectivity index (χ4v) is 1.92. The summed E-state index contributed by atoms with van der Waals surface area (Å²) in [6.45, 7) is 1.86. The quantitative estimate of drug-likeness (QED) is 0.859. The summed E-state index contributed by atoms with van der Waals surface area (Å²) in [7, 11) is 0. The van der Waals surface area contributed by atoms with Gasteiger partial charge in [-0.2, -0.15) is 0 Å². The molecule has 2 N–H and O–H groups in total. The van der Waals surface area contributed by atoms with Crippen molar-refractivity contribution in [3.05, 3.63) is 29.3 Å². The van der Waals surface area contributed by atoms with Crippen LogP contribution in [0.2, 0.25) is 5.02 Å². The molecule has 1 unspecified atom stereocenters. The number of benzene rings is 1. The molecule has 17 heavy (non-hydrogen) atoms. The first kappa shape index (κ1) is 12.4. The van der Waals surface area contributed by atoms with Crippen LogP contribution in [0.5, 0.6) is 0 Å². The highest BCUT2D eigenvalue weighted by molar-refractivity contribution is 6.30. The van der Waals surface area contributed by atoms with Crippen molar-refractivity contribution >= 4 is 23.2 Å². The van der Waals surface area contributed by atoms with E-state index in [0.717, 1.165) is 19.5 Å². The Kier molecular flexibility index (Phi) is 4.36. The first-order chi connectivity index (χ1) is 8.24. The minimum atomic E-state index is -0.154. The molecule has 2 rings (SSSR count). The smallest absolute Gasteiger partial charge is 0.250 e. The van der Waals surface area contributed by atoms with Gasteiger partial charge in [0.25, 0.3) is 0 Å². The minimum absolute atomic E-state index is 0.0822. The van der Waals surface area contributed by atoms with Gasteiger partial charge in [0.05, 0.1) is 6.10 Å². The normalized spacial score (nSPS) is 19.2. The summed E-state index contributed by atoms with van der Waals surface area (Å²) in [4.78, 5) is 11.6. The zero-order valence-corrected chi connectivity index (χ0v) is 10.2. The predicted octanol–water partition coefficient (Wildman–Crippen LogP) is 1.66. The molecular weight excluding hydrogens is 240 g/mol. The van der Waals surface area contributed by atoms with Crippen molar-refractivity contribution in [2.75, 3.05) is 25.0 Å². The van der Waals surface area contributed by atoms with Gasteiger partial charge in [-0.05, 0) is 31.2 Å². The van der Waals surface area contributed by atoms with E-state index in [1.807, 2.05) is 0 Å². The number of carbonyl (C=O) groups excluding carboxylic acids is 1. The molecule has 1 aromatic rings. The van der Waals surface area contributed by atoms with Crippen molar-refractivity contribution in [2.45, 2.75) is 12.5 Å². The van der Waals surface area contributed by atoms with E-state index in [4.69, 9.17) is 16.3 Å². The summed E-state index contributed by atoms with van der Waals surface area (Å²) in [5.41, 5.74) is 0.690.